The summed E-state index contributed by atoms with van der Waals surface area (Å²) in [6.07, 6.45) is 1.81. The summed E-state index contributed by atoms with van der Waals surface area (Å²) in [7, 11) is 0. The molecule has 3 N–H and O–H groups in total. The van der Waals surface area contributed by atoms with Crippen LogP contribution in [-0.2, 0) is 6.54 Å². The number of aromatic nitrogens is 1. The summed E-state index contributed by atoms with van der Waals surface area (Å²) in [5, 5.41) is 3.33. The number of aryl methyl sites for hydroxylation is 2. The number of pyridine rings is 1. The molecule has 0 aliphatic heterocycles. The molecule has 0 fully saturated rings. The molecule has 0 radical (unpaired) electrons. The van der Waals surface area contributed by atoms with Gasteiger partial charge in [-0.2, -0.15) is 0 Å². The first-order valence-corrected chi connectivity index (χ1v) is 5.67. The fraction of sp³-hybridized carbons (Fsp3) is 0.214. The van der Waals surface area contributed by atoms with Gasteiger partial charge < -0.3 is 11.1 Å². The van der Waals surface area contributed by atoms with Crippen molar-refractivity contribution in [3.05, 3.63) is 53.3 Å². The van der Waals surface area contributed by atoms with E-state index in [4.69, 9.17) is 5.73 Å². The summed E-state index contributed by atoms with van der Waals surface area (Å²) in [6.45, 7) is 4.78. The first-order valence-electron chi connectivity index (χ1n) is 5.67. The second-order valence-electron chi connectivity index (χ2n) is 4.19. The van der Waals surface area contributed by atoms with Gasteiger partial charge in [0.1, 0.15) is 0 Å². The van der Waals surface area contributed by atoms with E-state index >= 15 is 0 Å². The highest BCUT2D eigenvalue weighted by Gasteiger charge is 2.00. The lowest BCUT2D eigenvalue weighted by Crippen LogP contribution is -2.04. The Morgan fingerprint density at radius 3 is 2.71 bits per heavy atom. The third-order valence-electron chi connectivity index (χ3n) is 2.86. The predicted octanol–water partition coefficient (Wildman–Crippen LogP) is 2.89. The van der Waals surface area contributed by atoms with Gasteiger partial charge in [-0.25, -0.2) is 0 Å². The van der Waals surface area contributed by atoms with Gasteiger partial charge in [-0.15, -0.1) is 0 Å². The molecule has 0 atom stereocenters. The smallest absolute Gasteiger partial charge is 0.0623 e. The Labute approximate surface area is 102 Å². The Morgan fingerprint density at radius 1 is 1.18 bits per heavy atom. The third kappa shape index (κ3) is 2.75. The summed E-state index contributed by atoms with van der Waals surface area (Å²) >= 11 is 0. The number of nitrogens with zero attached hydrogens (tertiary/aromatic N) is 1. The van der Waals surface area contributed by atoms with Gasteiger partial charge in [0.15, 0.2) is 0 Å². The van der Waals surface area contributed by atoms with E-state index in [9.17, 15) is 0 Å². The van der Waals surface area contributed by atoms with Crippen LogP contribution in [0.25, 0.3) is 0 Å². The van der Waals surface area contributed by atoms with Crippen LogP contribution in [0, 0.1) is 13.8 Å². The second kappa shape index (κ2) is 4.87. The minimum atomic E-state index is 0.717. The highest BCUT2D eigenvalue weighted by Crippen LogP contribution is 2.17. The molecule has 0 aliphatic carbocycles. The van der Waals surface area contributed by atoms with E-state index < -0.39 is 0 Å². The number of anilines is 2. The average Bonchev–Trinajstić information content (AvgIpc) is 2.32. The van der Waals surface area contributed by atoms with Gasteiger partial charge in [0, 0.05) is 17.6 Å². The first kappa shape index (κ1) is 11.5. The van der Waals surface area contributed by atoms with E-state index in [-0.39, 0.29) is 0 Å². The van der Waals surface area contributed by atoms with Gasteiger partial charge >= 0.3 is 0 Å². The van der Waals surface area contributed by atoms with Crippen molar-refractivity contribution in [3.8, 4) is 0 Å². The van der Waals surface area contributed by atoms with Gasteiger partial charge in [-0.05, 0) is 43.2 Å². The zero-order valence-electron chi connectivity index (χ0n) is 10.2. The molecule has 3 heteroatoms. The molecular weight excluding hydrogens is 210 g/mol. The normalized spacial score (nSPS) is 10.2. The quantitative estimate of drug-likeness (QED) is 0.793. The van der Waals surface area contributed by atoms with E-state index in [1.165, 1.54) is 5.56 Å². The van der Waals surface area contributed by atoms with Crippen LogP contribution in [-0.4, -0.2) is 4.98 Å². The molecule has 1 aromatic carbocycles. The van der Waals surface area contributed by atoms with Crippen molar-refractivity contribution in [2.24, 2.45) is 0 Å². The third-order valence-corrected chi connectivity index (χ3v) is 2.86. The average molecular weight is 227 g/mol. The molecule has 2 rings (SSSR count). The van der Waals surface area contributed by atoms with E-state index in [1.807, 2.05) is 37.4 Å². The van der Waals surface area contributed by atoms with Crippen LogP contribution in [0.15, 0.2) is 36.5 Å². The highest BCUT2D eigenvalue weighted by molar-refractivity contribution is 5.58. The SMILES string of the molecule is Cc1ccc(NCc2ncccc2C)cc1N. The lowest BCUT2D eigenvalue weighted by Gasteiger charge is -2.09. The Balaban J connectivity index is 2.08. The summed E-state index contributed by atoms with van der Waals surface area (Å²) in [5.74, 6) is 0. The molecule has 1 heterocycles. The highest BCUT2D eigenvalue weighted by atomic mass is 14.9. The number of hydrogen-bond acceptors (Lipinski definition) is 3. The summed E-state index contributed by atoms with van der Waals surface area (Å²) in [4.78, 5) is 4.34. The number of nitrogens with two attached hydrogens (primary N) is 1. The van der Waals surface area contributed by atoms with Crippen molar-refractivity contribution >= 4 is 11.4 Å². The number of rotatable bonds is 3. The molecule has 3 nitrogen and oxygen atoms in total. The Kier molecular flexibility index (Phi) is 3.28. The summed E-state index contributed by atoms with van der Waals surface area (Å²) < 4.78 is 0. The van der Waals surface area contributed by atoms with Crippen LogP contribution in [0.4, 0.5) is 11.4 Å². The van der Waals surface area contributed by atoms with E-state index in [0.717, 1.165) is 29.2 Å². The zero-order valence-corrected chi connectivity index (χ0v) is 10.2. The minimum Gasteiger partial charge on any atom is -0.398 e. The fourth-order valence-electron chi connectivity index (χ4n) is 1.64. The molecule has 0 saturated carbocycles. The first-order chi connectivity index (χ1) is 8.16. The maximum Gasteiger partial charge on any atom is 0.0623 e. The van der Waals surface area contributed by atoms with Crippen LogP contribution in [0.3, 0.4) is 0 Å². The molecule has 17 heavy (non-hydrogen) atoms. The van der Waals surface area contributed by atoms with Crippen molar-refractivity contribution < 1.29 is 0 Å². The lowest BCUT2D eigenvalue weighted by atomic mass is 10.1. The number of hydrogen-bond donors (Lipinski definition) is 2. The molecule has 0 bridgehead atoms. The van der Waals surface area contributed by atoms with Gasteiger partial charge in [0.05, 0.1) is 12.2 Å². The van der Waals surface area contributed by atoms with E-state index in [2.05, 4.69) is 23.3 Å². The minimum absolute atomic E-state index is 0.717. The van der Waals surface area contributed by atoms with Gasteiger partial charge in [0.2, 0.25) is 0 Å². The van der Waals surface area contributed by atoms with Crippen molar-refractivity contribution in [2.45, 2.75) is 20.4 Å². The molecule has 0 aliphatic rings. The molecule has 2 aromatic rings. The van der Waals surface area contributed by atoms with Crippen LogP contribution < -0.4 is 11.1 Å². The van der Waals surface area contributed by atoms with Crippen LogP contribution in [0.2, 0.25) is 0 Å². The molecular formula is C14H17N3. The predicted molar refractivity (Wildman–Crippen MR) is 71.9 cm³/mol. The van der Waals surface area contributed by atoms with Crippen molar-refractivity contribution in [1.29, 1.82) is 0 Å². The Hall–Kier alpha value is -2.03. The largest absolute Gasteiger partial charge is 0.398 e. The molecule has 0 unspecified atom stereocenters. The number of nitrogens with one attached hydrogen (secondary N) is 1. The lowest BCUT2D eigenvalue weighted by molar-refractivity contribution is 1.02. The van der Waals surface area contributed by atoms with E-state index in [0.29, 0.717) is 0 Å². The molecule has 0 spiro atoms. The molecule has 88 valence electrons. The van der Waals surface area contributed by atoms with Gasteiger partial charge in [-0.1, -0.05) is 12.1 Å². The number of benzene rings is 1. The van der Waals surface area contributed by atoms with Crippen molar-refractivity contribution in [3.63, 3.8) is 0 Å². The maximum atomic E-state index is 5.86. The molecule has 0 amide bonds. The Bertz CT molecular complexity index is 521. The fourth-order valence-corrected chi connectivity index (χ4v) is 1.64. The summed E-state index contributed by atoms with van der Waals surface area (Å²) in [6, 6.07) is 10.0. The second-order valence-corrected chi connectivity index (χ2v) is 4.19. The monoisotopic (exact) mass is 227 g/mol. The van der Waals surface area contributed by atoms with Crippen LogP contribution >= 0.6 is 0 Å². The topological polar surface area (TPSA) is 50.9 Å². The maximum absolute atomic E-state index is 5.86. The van der Waals surface area contributed by atoms with Crippen LogP contribution in [0.5, 0.6) is 0 Å². The number of nitrogen functional groups attached to an aromatic ring is 1. The van der Waals surface area contributed by atoms with Crippen molar-refractivity contribution in [2.75, 3.05) is 11.1 Å². The standard InChI is InChI=1S/C14H17N3/c1-10-5-6-12(8-13(10)15)17-9-14-11(2)4-3-7-16-14/h3-8,17H,9,15H2,1-2H3. The van der Waals surface area contributed by atoms with Crippen LogP contribution in [0.1, 0.15) is 16.8 Å². The zero-order chi connectivity index (χ0) is 12.3. The van der Waals surface area contributed by atoms with E-state index in [1.54, 1.807) is 0 Å². The van der Waals surface area contributed by atoms with Crippen molar-refractivity contribution in [1.82, 2.24) is 4.98 Å². The van der Waals surface area contributed by atoms with Gasteiger partial charge in [0.25, 0.3) is 0 Å². The van der Waals surface area contributed by atoms with Gasteiger partial charge in [-0.3, -0.25) is 4.98 Å². The summed E-state index contributed by atoms with van der Waals surface area (Å²) in [5.41, 5.74) is 11.1. The molecule has 0 saturated heterocycles. The molecule has 1 aromatic heterocycles. The Morgan fingerprint density at radius 2 is 2.00 bits per heavy atom.